The van der Waals surface area contributed by atoms with Gasteiger partial charge >= 0.3 is 0 Å². The van der Waals surface area contributed by atoms with E-state index in [1.807, 2.05) is 30.3 Å². The second-order valence-corrected chi connectivity index (χ2v) is 4.88. The first kappa shape index (κ1) is 15.7. The number of anilines is 4. The predicted molar refractivity (Wildman–Crippen MR) is 83.9 cm³/mol. The van der Waals surface area contributed by atoms with Crippen LogP contribution in [0.15, 0.2) is 48.7 Å². The van der Waals surface area contributed by atoms with Crippen molar-refractivity contribution in [2.45, 2.75) is 0 Å². The number of halogens is 3. The molecule has 0 aliphatic carbocycles. The Hall–Kier alpha value is -3.16. The number of nitrogens with zero attached hydrogens (tertiary/aromatic N) is 4. The van der Waals surface area contributed by atoms with Crippen LogP contribution in [0.25, 0.3) is 0 Å². The van der Waals surface area contributed by atoms with Crippen molar-refractivity contribution in [3.05, 3.63) is 66.1 Å². The standard InChI is InChI=1S/C16H12F3N5/c1-24(10-5-3-2-4-6-10)16-22-13(9-20-23-16)21-12-8-7-11(17)14(18)15(12)19/h2-9H,1H3,(H,21,22,23). The maximum Gasteiger partial charge on any atom is 0.251 e. The lowest BCUT2D eigenvalue weighted by molar-refractivity contribution is 0.449. The number of nitrogens with one attached hydrogen (secondary N) is 1. The van der Waals surface area contributed by atoms with Gasteiger partial charge in [0.05, 0.1) is 11.9 Å². The topological polar surface area (TPSA) is 53.9 Å². The first-order chi connectivity index (χ1) is 11.6. The summed E-state index contributed by atoms with van der Waals surface area (Å²) in [4.78, 5) is 5.88. The van der Waals surface area contributed by atoms with E-state index in [1.54, 1.807) is 11.9 Å². The number of rotatable bonds is 4. The lowest BCUT2D eigenvalue weighted by atomic mass is 10.3. The Morgan fingerprint density at radius 2 is 1.71 bits per heavy atom. The molecule has 0 radical (unpaired) electrons. The van der Waals surface area contributed by atoms with E-state index in [0.29, 0.717) is 0 Å². The maximum atomic E-state index is 13.7. The van der Waals surface area contributed by atoms with Gasteiger partial charge in [0, 0.05) is 12.7 Å². The number of aromatic nitrogens is 3. The Balaban J connectivity index is 1.88. The minimum absolute atomic E-state index is 0.146. The van der Waals surface area contributed by atoms with Crippen molar-refractivity contribution in [3.8, 4) is 0 Å². The lowest BCUT2D eigenvalue weighted by Gasteiger charge is -2.17. The van der Waals surface area contributed by atoms with Crippen molar-refractivity contribution in [2.24, 2.45) is 0 Å². The van der Waals surface area contributed by atoms with Gasteiger partial charge in [0.15, 0.2) is 23.3 Å². The molecule has 1 heterocycles. The van der Waals surface area contributed by atoms with E-state index in [1.165, 1.54) is 6.20 Å². The highest BCUT2D eigenvalue weighted by Gasteiger charge is 2.15. The molecular weight excluding hydrogens is 319 g/mol. The number of benzene rings is 2. The summed E-state index contributed by atoms with van der Waals surface area (Å²) < 4.78 is 40.0. The Labute approximate surface area is 135 Å². The van der Waals surface area contributed by atoms with Crippen molar-refractivity contribution in [3.63, 3.8) is 0 Å². The van der Waals surface area contributed by atoms with Gasteiger partial charge in [0.1, 0.15) is 0 Å². The quantitative estimate of drug-likeness (QED) is 0.737. The molecule has 0 bridgehead atoms. The van der Waals surface area contributed by atoms with E-state index in [4.69, 9.17) is 0 Å². The molecular formula is C16H12F3N5. The normalized spacial score (nSPS) is 10.5. The molecule has 0 saturated carbocycles. The molecule has 24 heavy (non-hydrogen) atoms. The molecule has 122 valence electrons. The summed E-state index contributed by atoms with van der Waals surface area (Å²) in [6.45, 7) is 0. The van der Waals surface area contributed by atoms with Gasteiger partial charge in [0.25, 0.3) is 5.95 Å². The van der Waals surface area contributed by atoms with Crippen molar-refractivity contribution >= 4 is 23.1 Å². The molecule has 0 saturated heterocycles. The Bertz CT molecular complexity index is 858. The third-order valence-electron chi connectivity index (χ3n) is 3.29. The van der Waals surface area contributed by atoms with Gasteiger partial charge in [0.2, 0.25) is 0 Å². The van der Waals surface area contributed by atoms with E-state index in [2.05, 4.69) is 20.5 Å². The Morgan fingerprint density at radius 3 is 2.46 bits per heavy atom. The molecule has 0 atom stereocenters. The fourth-order valence-corrected chi connectivity index (χ4v) is 2.02. The Kier molecular flexibility index (Phi) is 4.28. The number of hydrogen-bond acceptors (Lipinski definition) is 5. The van der Waals surface area contributed by atoms with Crippen LogP contribution in [0.5, 0.6) is 0 Å². The van der Waals surface area contributed by atoms with Crippen molar-refractivity contribution < 1.29 is 13.2 Å². The highest BCUT2D eigenvalue weighted by Crippen LogP contribution is 2.24. The molecule has 1 aromatic heterocycles. The lowest BCUT2D eigenvalue weighted by Crippen LogP contribution is -2.14. The average molecular weight is 331 g/mol. The highest BCUT2D eigenvalue weighted by molar-refractivity contribution is 5.60. The zero-order chi connectivity index (χ0) is 17.1. The molecule has 2 aromatic carbocycles. The highest BCUT2D eigenvalue weighted by atomic mass is 19.2. The minimum atomic E-state index is -1.55. The Morgan fingerprint density at radius 1 is 0.958 bits per heavy atom. The summed E-state index contributed by atoms with van der Waals surface area (Å²) in [5.74, 6) is -3.74. The molecule has 3 rings (SSSR count). The summed E-state index contributed by atoms with van der Waals surface area (Å²) >= 11 is 0. The van der Waals surface area contributed by atoms with Crippen molar-refractivity contribution in [1.82, 2.24) is 15.2 Å². The molecule has 0 spiro atoms. The fourth-order valence-electron chi connectivity index (χ4n) is 2.02. The molecule has 8 heteroatoms. The van der Waals surface area contributed by atoms with Crippen LogP contribution >= 0.6 is 0 Å². The van der Waals surface area contributed by atoms with E-state index in [0.717, 1.165) is 17.8 Å². The van der Waals surface area contributed by atoms with Crippen LogP contribution in [-0.4, -0.2) is 22.2 Å². The van der Waals surface area contributed by atoms with Gasteiger partial charge in [-0.1, -0.05) is 18.2 Å². The van der Waals surface area contributed by atoms with Crippen LogP contribution in [0.2, 0.25) is 0 Å². The van der Waals surface area contributed by atoms with Gasteiger partial charge in [-0.25, -0.2) is 13.2 Å². The second-order valence-electron chi connectivity index (χ2n) is 4.88. The summed E-state index contributed by atoms with van der Waals surface area (Å²) in [5.41, 5.74) is 0.582. The van der Waals surface area contributed by atoms with Crippen LogP contribution in [0, 0.1) is 17.5 Å². The SMILES string of the molecule is CN(c1ccccc1)c1nncc(Nc2ccc(F)c(F)c2F)n1. The van der Waals surface area contributed by atoms with Crippen LogP contribution in [0.3, 0.4) is 0 Å². The minimum Gasteiger partial charge on any atom is -0.336 e. The second kappa shape index (κ2) is 6.53. The molecule has 3 aromatic rings. The summed E-state index contributed by atoms with van der Waals surface area (Å²) in [5, 5.41) is 10.3. The summed E-state index contributed by atoms with van der Waals surface area (Å²) in [7, 11) is 1.74. The predicted octanol–water partition coefficient (Wildman–Crippen LogP) is 3.80. The van der Waals surface area contributed by atoms with Gasteiger partial charge < -0.3 is 10.2 Å². The monoisotopic (exact) mass is 331 g/mol. The molecule has 0 aliphatic heterocycles. The van der Waals surface area contributed by atoms with Gasteiger partial charge in [-0.05, 0) is 24.3 Å². The number of hydrogen-bond donors (Lipinski definition) is 1. The molecule has 0 amide bonds. The first-order valence-electron chi connectivity index (χ1n) is 6.95. The van der Waals surface area contributed by atoms with Gasteiger partial charge in [-0.3, -0.25) is 0 Å². The van der Waals surface area contributed by atoms with E-state index in [-0.39, 0.29) is 17.5 Å². The smallest absolute Gasteiger partial charge is 0.251 e. The molecule has 1 N–H and O–H groups in total. The fraction of sp³-hybridized carbons (Fsp3) is 0.0625. The van der Waals surface area contributed by atoms with Crippen molar-refractivity contribution in [2.75, 3.05) is 17.3 Å². The maximum absolute atomic E-state index is 13.7. The summed E-state index contributed by atoms with van der Waals surface area (Å²) in [6.07, 6.45) is 1.25. The van der Waals surface area contributed by atoms with E-state index in [9.17, 15) is 13.2 Å². The molecule has 0 fully saturated rings. The van der Waals surface area contributed by atoms with Crippen LogP contribution in [0.1, 0.15) is 0 Å². The van der Waals surface area contributed by atoms with Gasteiger partial charge in [-0.15, -0.1) is 5.10 Å². The van der Waals surface area contributed by atoms with Gasteiger partial charge in [-0.2, -0.15) is 10.1 Å². The summed E-state index contributed by atoms with van der Waals surface area (Å²) in [6, 6.07) is 11.2. The van der Waals surface area contributed by atoms with Crippen molar-refractivity contribution in [1.29, 1.82) is 0 Å². The van der Waals surface area contributed by atoms with Crippen LogP contribution in [-0.2, 0) is 0 Å². The number of para-hydroxylation sites is 1. The zero-order valence-electron chi connectivity index (χ0n) is 12.5. The molecule has 0 aliphatic rings. The third-order valence-corrected chi connectivity index (χ3v) is 3.29. The molecule has 5 nitrogen and oxygen atoms in total. The largest absolute Gasteiger partial charge is 0.336 e. The van der Waals surface area contributed by atoms with E-state index >= 15 is 0 Å². The van der Waals surface area contributed by atoms with E-state index < -0.39 is 17.5 Å². The zero-order valence-corrected chi connectivity index (χ0v) is 12.5. The molecule has 0 unspecified atom stereocenters. The average Bonchev–Trinajstić information content (AvgIpc) is 2.62. The van der Waals surface area contributed by atoms with Crippen LogP contribution < -0.4 is 10.2 Å². The van der Waals surface area contributed by atoms with Crippen LogP contribution in [0.4, 0.5) is 36.3 Å². The third kappa shape index (κ3) is 3.12. The first-order valence-corrected chi connectivity index (χ1v) is 6.95.